The molecule has 0 bridgehead atoms. The first-order chi connectivity index (χ1) is 11.6. The molecule has 0 heterocycles. The van der Waals surface area contributed by atoms with E-state index in [1.165, 1.54) is 0 Å². The number of carbonyl (C=O) groups is 6. The predicted molar refractivity (Wildman–Crippen MR) is 114 cm³/mol. The molecule has 23 nitrogen and oxygen atoms in total. The van der Waals surface area contributed by atoms with Gasteiger partial charge in [-0.2, -0.15) is 0 Å². The van der Waals surface area contributed by atoms with Crippen LogP contribution in [0.4, 0.5) is 0 Å². The van der Waals surface area contributed by atoms with Gasteiger partial charge in [0.05, 0.1) is 11.9 Å². The maximum absolute atomic E-state index is 10.1. The molecule has 0 saturated heterocycles. The Kier molecular flexibility index (Phi) is 172. The Hall–Kier alpha value is 4.82. The Morgan fingerprint density at radius 2 is 0.500 bits per heavy atom. The van der Waals surface area contributed by atoms with Gasteiger partial charge in [0.1, 0.15) is 11.2 Å². The van der Waals surface area contributed by atoms with E-state index in [4.69, 9.17) is 10.2 Å². The summed E-state index contributed by atoms with van der Waals surface area (Å²) in [5.74, 6) is -12.0. The largest absolute Gasteiger partial charge is 3.00 e. The van der Waals surface area contributed by atoms with Gasteiger partial charge in [-0.25, -0.2) is 0 Å². The third-order valence-corrected chi connectivity index (χ3v) is 2.51. The zero-order valence-corrected chi connectivity index (χ0v) is 45.2. The summed E-state index contributed by atoms with van der Waals surface area (Å²) in [5.41, 5.74) is -5.95. The normalized spacial score (nSPS) is 6.71. The van der Waals surface area contributed by atoms with Crippen molar-refractivity contribution in [3.8, 4) is 0 Å². The van der Waals surface area contributed by atoms with Crippen LogP contribution < -0.4 is 185 Å². The first kappa shape index (κ1) is 118. The average molecular weight is 1490 g/mol. The number of carboxylic acids is 6. The van der Waals surface area contributed by atoms with Gasteiger partial charge in [0.15, 0.2) is 0 Å². The van der Waals surface area contributed by atoms with Gasteiger partial charge in [0, 0.05) is 128 Å². The van der Waals surface area contributed by atoms with Crippen molar-refractivity contribution >= 4 is 141 Å². The molecule has 0 fully saturated rings. The summed E-state index contributed by atoms with van der Waals surface area (Å²) < 4.78 is 0. The van der Waals surface area contributed by atoms with Crippen molar-refractivity contribution in [2.45, 2.75) is 36.9 Å². The van der Waals surface area contributed by atoms with Crippen LogP contribution in [0.2, 0.25) is 0 Å². The Bertz CT molecular complexity index is 548. The second kappa shape index (κ2) is 61.1. The summed E-state index contributed by atoms with van der Waals surface area (Å²) in [6, 6.07) is 0. The van der Waals surface area contributed by atoms with Crippen LogP contribution in [0, 0.1) is 0 Å². The molecule has 0 saturated carbocycles. The minimum absolute atomic E-state index is 0. The molecule has 0 unspecified atom stereocenters. The zero-order valence-electron chi connectivity index (χ0n) is 21.9. The smallest absolute Gasteiger partial charge is 0.550 e. The Balaban J connectivity index is -0.0000000124. The van der Waals surface area contributed by atoms with Gasteiger partial charge in [0.25, 0.3) is 0 Å². The van der Waals surface area contributed by atoms with Gasteiger partial charge < -0.3 is 119 Å². The van der Waals surface area contributed by atoms with Gasteiger partial charge in [-0.1, -0.05) is 0 Å². The van der Waals surface area contributed by atoms with E-state index >= 15 is 0 Å². The molecule has 20 N–H and O–H groups in total. The van der Waals surface area contributed by atoms with Crippen molar-refractivity contribution in [2.24, 2.45) is 0 Å². The molecule has 0 atom stereocenters. The van der Waals surface area contributed by atoms with Gasteiger partial charge >= 0.3 is 180 Å². The minimum atomic E-state index is -2.97. The summed E-state index contributed by atoms with van der Waals surface area (Å²) in [4.78, 5) is 60.0. The minimum Gasteiger partial charge on any atom is -0.550 e. The Labute approximate surface area is 440 Å². The van der Waals surface area contributed by atoms with Crippen LogP contribution in [0.5, 0.6) is 0 Å². The molecular formula is C12H28Bi4K3O23. The number of rotatable bonds is 10. The van der Waals surface area contributed by atoms with Crippen LogP contribution in [0.25, 0.3) is 0 Å². The summed E-state index contributed by atoms with van der Waals surface area (Å²) in [6.07, 6.45) is -5.43. The van der Waals surface area contributed by atoms with Gasteiger partial charge in [0.2, 0.25) is 0 Å². The molecule has 0 amide bonds. The van der Waals surface area contributed by atoms with Crippen molar-refractivity contribution in [1.82, 2.24) is 0 Å². The molecule has 0 rings (SSSR count). The molecule has 11 radical (unpaired) electrons. The van der Waals surface area contributed by atoms with Crippen molar-refractivity contribution in [3.63, 3.8) is 0 Å². The van der Waals surface area contributed by atoms with Crippen LogP contribution >= 0.6 is 0 Å². The fraction of sp³-hybridized carbons (Fsp3) is 0.500. The van der Waals surface area contributed by atoms with Crippen molar-refractivity contribution < 1.29 is 273 Å². The third-order valence-electron chi connectivity index (χ3n) is 2.51. The standard InChI is InChI=1S/2C6H8O7.4Bi.3K.9H2O/c2*7-3(8)1-6(13,5(11)12)2-4(9)10;;;;;;;;;;;;;;;;/h2*13H,1-2H2,(H,7,8)(H,9,10)(H,11,12);;;;;;;;9*1H2/q;;;;;+3;3*+1;;;;;;;;;/p-6. The van der Waals surface area contributed by atoms with Crippen LogP contribution in [0.1, 0.15) is 25.7 Å². The number of carboxylic acid groups (broad SMARTS) is 6. The van der Waals surface area contributed by atoms with Gasteiger partial charge in [-0.15, -0.1) is 0 Å². The van der Waals surface area contributed by atoms with Crippen LogP contribution in [-0.2, 0) is 28.8 Å². The average Bonchev–Trinajstić information content (AvgIpc) is 2.34. The topological polar surface area (TPSA) is 565 Å². The maximum Gasteiger partial charge on any atom is 3.00 e. The van der Waals surface area contributed by atoms with E-state index in [1.807, 2.05) is 0 Å². The van der Waals surface area contributed by atoms with E-state index in [2.05, 4.69) is 0 Å². The van der Waals surface area contributed by atoms with E-state index in [1.54, 1.807) is 0 Å². The van der Waals surface area contributed by atoms with Crippen molar-refractivity contribution in [3.05, 3.63) is 0 Å². The Morgan fingerprint density at radius 3 is 0.548 bits per heavy atom. The molecule has 0 aliphatic heterocycles. The van der Waals surface area contributed by atoms with Crippen molar-refractivity contribution in [2.75, 3.05) is 0 Å². The number of aliphatic carboxylic acids is 6. The number of hydrogen-bond acceptors (Lipinski definition) is 14. The first-order valence-corrected chi connectivity index (χ1v) is 6.23. The van der Waals surface area contributed by atoms with E-state index in [0.717, 1.165) is 0 Å². The summed E-state index contributed by atoms with van der Waals surface area (Å²) in [6.45, 7) is 0. The summed E-state index contributed by atoms with van der Waals surface area (Å²) in [7, 11) is 0. The molecule has 30 heteroatoms. The summed E-state index contributed by atoms with van der Waals surface area (Å²) in [5, 5.41) is 77.9. The molecule has 42 heavy (non-hydrogen) atoms. The fourth-order valence-electron chi connectivity index (χ4n) is 1.37. The second-order valence-electron chi connectivity index (χ2n) is 4.83. The first-order valence-electron chi connectivity index (χ1n) is 6.23. The molecule has 237 valence electrons. The number of aliphatic hydroxyl groups is 2. The number of hydrogen-bond donors (Lipinski definition) is 2. The predicted octanol–water partition coefficient (Wildman–Crippen LogP) is -28.4. The van der Waals surface area contributed by atoms with Crippen LogP contribution in [0.15, 0.2) is 0 Å². The van der Waals surface area contributed by atoms with E-state index in [9.17, 15) is 59.4 Å². The van der Waals surface area contributed by atoms with E-state index < -0.39 is 72.7 Å². The van der Waals surface area contributed by atoms with Gasteiger partial charge in [-0.3, -0.25) is 0 Å². The van der Waals surface area contributed by atoms with E-state index in [0.29, 0.717) is 0 Å². The molecule has 0 aromatic carbocycles. The molecule has 0 aromatic rings. The quantitative estimate of drug-likeness (QED) is 0.192. The molecule has 0 aliphatic carbocycles. The van der Waals surface area contributed by atoms with E-state index in [-0.39, 0.29) is 308 Å². The molecule has 0 spiro atoms. The molecular weight excluding hydrogens is 1470 g/mol. The maximum atomic E-state index is 10.1. The zero-order chi connectivity index (χ0) is 21.3. The van der Waals surface area contributed by atoms with Gasteiger partial charge in [-0.05, 0) is 0 Å². The SMILES string of the molecule is O.O.O.O.O.O.O.O.O.O=C([O-])CC(O)(CC(=O)[O-])C(=O)[O-].O=C([O-])CC(O)(CC(=O)[O-])C(=O)[O-].[Bi+3].[Bi].[Bi].[Bi].[K+].[K+].[K+]. The number of carbonyl (C=O) groups excluding carboxylic acids is 6. The van der Waals surface area contributed by atoms with Crippen molar-refractivity contribution in [1.29, 1.82) is 0 Å². The molecule has 0 aliphatic rings. The van der Waals surface area contributed by atoms with Crippen LogP contribution in [0.3, 0.4) is 0 Å². The Morgan fingerprint density at radius 1 is 0.405 bits per heavy atom. The fourth-order valence-corrected chi connectivity index (χ4v) is 1.37. The third kappa shape index (κ3) is 63.5. The summed E-state index contributed by atoms with van der Waals surface area (Å²) >= 11 is 0. The monoisotopic (exact) mass is 1490 g/mol. The van der Waals surface area contributed by atoms with Crippen LogP contribution in [-0.4, -0.2) is 211 Å². The molecule has 0 aromatic heterocycles. The second-order valence-corrected chi connectivity index (χ2v) is 4.83.